The van der Waals surface area contributed by atoms with Crippen LogP contribution in [0.2, 0.25) is 5.02 Å². The summed E-state index contributed by atoms with van der Waals surface area (Å²) in [4.78, 5) is 37.0. The summed E-state index contributed by atoms with van der Waals surface area (Å²) >= 11 is 6.45. The minimum atomic E-state index is -1.29. The zero-order valence-electron chi connectivity index (χ0n) is 22.7. The van der Waals surface area contributed by atoms with Gasteiger partial charge in [0, 0.05) is 17.7 Å². The second kappa shape index (κ2) is 12.6. The average Bonchev–Trinajstić information content (AvgIpc) is 2.92. The molecule has 0 bridgehead atoms. The van der Waals surface area contributed by atoms with Crippen molar-refractivity contribution in [3.63, 3.8) is 0 Å². The van der Waals surface area contributed by atoms with E-state index in [1.807, 2.05) is 57.4 Å². The summed E-state index contributed by atoms with van der Waals surface area (Å²) in [5, 5.41) is 13.2. The van der Waals surface area contributed by atoms with E-state index >= 15 is 0 Å². The van der Waals surface area contributed by atoms with Gasteiger partial charge in [-0.05, 0) is 58.0 Å². The Morgan fingerprint density at radius 2 is 1.85 bits per heavy atom. The molecule has 1 aliphatic carbocycles. The number of halogens is 1. The van der Waals surface area contributed by atoms with Crippen molar-refractivity contribution in [1.29, 1.82) is 0 Å². The minimum Gasteiger partial charge on any atom is -0.492 e. The molecule has 4 rings (SSSR count). The first-order valence-electron chi connectivity index (χ1n) is 13.3. The molecule has 0 saturated heterocycles. The number of carboxylic acid groups (broad SMARTS) is 1. The topological polar surface area (TPSA) is 105 Å². The maximum Gasteiger partial charge on any atom is 0.329 e. The molecule has 0 unspecified atom stereocenters. The van der Waals surface area contributed by atoms with E-state index in [9.17, 15) is 14.7 Å². The zero-order chi connectivity index (χ0) is 28.0. The number of aromatic nitrogens is 2. The summed E-state index contributed by atoms with van der Waals surface area (Å²) in [6, 6.07) is 13.2. The van der Waals surface area contributed by atoms with Gasteiger partial charge < -0.3 is 20.1 Å². The third-order valence-corrected chi connectivity index (χ3v) is 7.40. The van der Waals surface area contributed by atoms with Gasteiger partial charge in [0.1, 0.15) is 17.0 Å². The molecule has 1 saturated carbocycles. The normalized spacial score (nSPS) is 14.7. The van der Waals surface area contributed by atoms with Crippen LogP contribution < -0.4 is 10.1 Å². The number of carboxylic acids is 1. The third-order valence-electron chi connectivity index (χ3n) is 7.09. The lowest BCUT2D eigenvalue weighted by Gasteiger charge is -2.33. The van der Waals surface area contributed by atoms with Gasteiger partial charge in [-0.1, -0.05) is 61.2 Å². The first-order chi connectivity index (χ1) is 18.7. The predicted octanol–water partition coefficient (Wildman–Crippen LogP) is 5.62. The smallest absolute Gasteiger partial charge is 0.329 e. The van der Waals surface area contributed by atoms with Crippen molar-refractivity contribution in [2.45, 2.75) is 51.0 Å². The summed E-state index contributed by atoms with van der Waals surface area (Å²) in [6.07, 6.45) is 5.48. The van der Waals surface area contributed by atoms with E-state index < -0.39 is 17.4 Å². The number of carbonyl (C=O) groups excluding carboxylic acids is 1. The molecule has 0 aliphatic heterocycles. The highest BCUT2D eigenvalue weighted by Gasteiger charge is 2.41. The fourth-order valence-electron chi connectivity index (χ4n) is 4.89. The van der Waals surface area contributed by atoms with Crippen LogP contribution in [0.5, 0.6) is 5.75 Å². The summed E-state index contributed by atoms with van der Waals surface area (Å²) in [5.74, 6) is -1.06. The molecule has 1 aromatic heterocycles. The highest BCUT2D eigenvalue weighted by molar-refractivity contribution is 6.32. The summed E-state index contributed by atoms with van der Waals surface area (Å²) in [7, 11) is 4.02. The van der Waals surface area contributed by atoms with Gasteiger partial charge in [0.05, 0.1) is 29.2 Å². The molecular formula is C30H35ClN4O4. The molecule has 0 atom stereocenters. The maximum absolute atomic E-state index is 13.3. The fraction of sp³-hybridized carbons (Fsp3) is 0.400. The van der Waals surface area contributed by atoms with E-state index in [-0.39, 0.29) is 5.69 Å². The summed E-state index contributed by atoms with van der Waals surface area (Å²) in [6.45, 7) is 3.37. The molecule has 0 spiro atoms. The number of benzene rings is 2. The predicted molar refractivity (Wildman–Crippen MR) is 152 cm³/mol. The van der Waals surface area contributed by atoms with Crippen LogP contribution >= 0.6 is 11.6 Å². The Kier molecular flexibility index (Phi) is 9.20. The highest BCUT2D eigenvalue weighted by atomic mass is 35.5. The molecule has 2 N–H and O–H groups in total. The van der Waals surface area contributed by atoms with Crippen molar-refractivity contribution in [3.05, 3.63) is 64.9 Å². The van der Waals surface area contributed by atoms with Gasteiger partial charge in [-0.15, -0.1) is 0 Å². The molecule has 3 aromatic rings. The van der Waals surface area contributed by atoms with Gasteiger partial charge in [-0.25, -0.2) is 9.78 Å². The molecule has 39 heavy (non-hydrogen) atoms. The van der Waals surface area contributed by atoms with Crippen molar-refractivity contribution in [2.24, 2.45) is 0 Å². The van der Waals surface area contributed by atoms with Crippen molar-refractivity contribution in [3.8, 4) is 28.3 Å². The molecule has 8 nitrogen and oxygen atoms in total. The van der Waals surface area contributed by atoms with Crippen LogP contribution in [-0.2, 0) is 4.79 Å². The number of aryl methyl sites for hydroxylation is 1. The molecule has 206 valence electrons. The van der Waals surface area contributed by atoms with Gasteiger partial charge >= 0.3 is 5.97 Å². The number of ether oxygens (including phenoxy) is 1. The van der Waals surface area contributed by atoms with Gasteiger partial charge in [-0.2, -0.15) is 0 Å². The number of hydrogen-bond donors (Lipinski definition) is 2. The van der Waals surface area contributed by atoms with Gasteiger partial charge in [0.2, 0.25) is 0 Å². The lowest BCUT2D eigenvalue weighted by molar-refractivity contribution is -0.145. The minimum absolute atomic E-state index is 0.0527. The summed E-state index contributed by atoms with van der Waals surface area (Å²) in [5.41, 5.74) is 2.43. The van der Waals surface area contributed by atoms with Crippen LogP contribution in [0.1, 0.15) is 54.6 Å². The zero-order valence-corrected chi connectivity index (χ0v) is 23.4. The SMILES string of the molecule is Cc1ccccc1-c1ncc(C(=O)NC2(C(=O)O)CCCCC2)nc1-c1ccc(Cl)c(OCCCN(C)C)c1. The number of rotatable bonds is 10. The second-order valence-electron chi connectivity index (χ2n) is 10.3. The Hall–Kier alpha value is -3.49. The van der Waals surface area contributed by atoms with Crippen molar-refractivity contribution in [1.82, 2.24) is 20.2 Å². The Balaban J connectivity index is 1.73. The van der Waals surface area contributed by atoms with Crippen molar-refractivity contribution in [2.75, 3.05) is 27.2 Å². The van der Waals surface area contributed by atoms with Crippen LogP contribution in [0.4, 0.5) is 0 Å². The molecule has 1 amide bonds. The largest absolute Gasteiger partial charge is 0.492 e. The van der Waals surface area contributed by atoms with Crippen LogP contribution in [0, 0.1) is 6.92 Å². The Labute approximate surface area is 234 Å². The Morgan fingerprint density at radius 1 is 1.10 bits per heavy atom. The monoisotopic (exact) mass is 550 g/mol. The second-order valence-corrected chi connectivity index (χ2v) is 10.7. The van der Waals surface area contributed by atoms with Crippen molar-refractivity contribution < 1.29 is 19.4 Å². The Bertz CT molecular complexity index is 1340. The number of aliphatic carboxylic acids is 1. The van der Waals surface area contributed by atoms with Gasteiger partial charge in [0.25, 0.3) is 5.91 Å². The standard InChI is InChI=1S/C30H35ClN4O4/c1-20-10-5-6-11-22(20)27-26(21-12-13-23(31)25(18-21)39-17-9-16-35(2)3)33-24(19-32-27)28(36)34-30(29(37)38)14-7-4-8-15-30/h5-6,10-13,18-19H,4,7-9,14-17H2,1-3H3,(H,34,36)(H,37,38). The molecule has 1 aliphatic rings. The number of nitrogens with one attached hydrogen (secondary N) is 1. The number of nitrogens with zero attached hydrogens (tertiary/aromatic N) is 3. The molecule has 9 heteroatoms. The highest BCUT2D eigenvalue weighted by Crippen LogP contribution is 2.36. The lowest BCUT2D eigenvalue weighted by atomic mass is 9.81. The molecular weight excluding hydrogens is 516 g/mol. The van der Waals surface area contributed by atoms with Crippen LogP contribution in [-0.4, -0.2) is 64.6 Å². The first kappa shape index (κ1) is 28.5. The number of hydrogen-bond acceptors (Lipinski definition) is 6. The van der Waals surface area contributed by atoms with E-state index in [2.05, 4.69) is 15.2 Å². The molecule has 2 aromatic carbocycles. The number of carbonyl (C=O) groups is 2. The quantitative estimate of drug-likeness (QED) is 0.316. The lowest BCUT2D eigenvalue weighted by Crippen LogP contribution is -2.55. The number of amides is 1. The van der Waals surface area contributed by atoms with Crippen molar-refractivity contribution >= 4 is 23.5 Å². The third kappa shape index (κ3) is 6.75. The van der Waals surface area contributed by atoms with E-state index in [0.29, 0.717) is 47.2 Å². The average molecular weight is 551 g/mol. The summed E-state index contributed by atoms with van der Waals surface area (Å²) < 4.78 is 5.99. The van der Waals surface area contributed by atoms with E-state index in [4.69, 9.17) is 21.3 Å². The van der Waals surface area contributed by atoms with E-state index in [0.717, 1.165) is 43.4 Å². The van der Waals surface area contributed by atoms with Gasteiger partial charge in [0.15, 0.2) is 0 Å². The molecule has 1 heterocycles. The van der Waals surface area contributed by atoms with Crippen LogP contribution in [0.25, 0.3) is 22.5 Å². The fourth-order valence-corrected chi connectivity index (χ4v) is 5.06. The molecule has 0 radical (unpaired) electrons. The van der Waals surface area contributed by atoms with E-state index in [1.54, 1.807) is 6.07 Å². The van der Waals surface area contributed by atoms with Crippen LogP contribution in [0.3, 0.4) is 0 Å². The Morgan fingerprint density at radius 3 is 2.54 bits per heavy atom. The van der Waals surface area contributed by atoms with Crippen LogP contribution in [0.15, 0.2) is 48.7 Å². The van der Waals surface area contributed by atoms with E-state index in [1.165, 1.54) is 6.20 Å². The maximum atomic E-state index is 13.3. The van der Waals surface area contributed by atoms with Gasteiger partial charge in [-0.3, -0.25) is 9.78 Å². The molecule has 1 fully saturated rings. The first-order valence-corrected chi connectivity index (χ1v) is 13.6.